The average molecular weight is 464 g/mol. The first-order chi connectivity index (χ1) is 14.7. The van der Waals surface area contributed by atoms with Crippen molar-refractivity contribution in [2.75, 3.05) is 26.2 Å². The number of benzene rings is 2. The Bertz CT molecular complexity index is 1050. The molecule has 1 atom stereocenters. The van der Waals surface area contributed by atoms with Gasteiger partial charge in [0.1, 0.15) is 0 Å². The molecule has 2 amide bonds. The Morgan fingerprint density at radius 3 is 2.23 bits per heavy atom. The van der Waals surface area contributed by atoms with Crippen LogP contribution >= 0.6 is 11.6 Å². The van der Waals surface area contributed by atoms with Crippen LogP contribution in [0.5, 0.6) is 0 Å². The maximum absolute atomic E-state index is 12.9. The first-order valence-corrected chi connectivity index (χ1v) is 11.9. The highest BCUT2D eigenvalue weighted by Crippen LogP contribution is 2.26. The van der Waals surface area contributed by atoms with Gasteiger partial charge in [-0.2, -0.15) is 4.31 Å². The average Bonchev–Trinajstić information content (AvgIpc) is 2.73. The van der Waals surface area contributed by atoms with Crippen LogP contribution in [-0.4, -0.2) is 55.6 Å². The maximum atomic E-state index is 12.9. The van der Waals surface area contributed by atoms with Crippen LogP contribution in [0.3, 0.4) is 0 Å². The number of rotatable bonds is 6. The molecule has 0 aliphatic carbocycles. The fraction of sp³-hybridized carbons (Fsp3) is 0.364. The number of amides is 2. The number of hydrogen-bond acceptors (Lipinski definition) is 4. The zero-order valence-corrected chi connectivity index (χ0v) is 19.1. The van der Waals surface area contributed by atoms with Crippen molar-refractivity contribution in [1.82, 2.24) is 14.5 Å². The van der Waals surface area contributed by atoms with Crippen molar-refractivity contribution in [3.8, 4) is 0 Å². The topological polar surface area (TPSA) is 86.8 Å². The smallest absolute Gasteiger partial charge is 0.243 e. The lowest BCUT2D eigenvalue weighted by atomic mass is 10.0. The zero-order chi connectivity index (χ0) is 22.6. The van der Waals surface area contributed by atoms with Gasteiger partial charge in [-0.1, -0.05) is 47.5 Å². The summed E-state index contributed by atoms with van der Waals surface area (Å²) in [7, 11) is -3.59. The Morgan fingerprint density at radius 2 is 1.65 bits per heavy atom. The molecular formula is C22H26ClN3O4S. The van der Waals surface area contributed by atoms with Gasteiger partial charge in [0.15, 0.2) is 0 Å². The number of nitrogens with one attached hydrogen (secondary N) is 1. The first-order valence-electron chi connectivity index (χ1n) is 10.0. The zero-order valence-electron chi connectivity index (χ0n) is 17.5. The van der Waals surface area contributed by atoms with Gasteiger partial charge in [0.25, 0.3) is 0 Å². The lowest BCUT2D eigenvalue weighted by Gasteiger charge is -2.35. The summed E-state index contributed by atoms with van der Waals surface area (Å²) in [5, 5.41) is 3.26. The van der Waals surface area contributed by atoms with Gasteiger partial charge in [0.2, 0.25) is 21.8 Å². The molecule has 1 heterocycles. The number of nitrogens with zero attached hydrogens (tertiary/aromatic N) is 2. The third-order valence-corrected chi connectivity index (χ3v) is 7.54. The molecule has 9 heteroatoms. The number of hydrogen-bond donors (Lipinski definition) is 1. The number of halogens is 1. The molecule has 166 valence electrons. The first kappa shape index (κ1) is 23.2. The predicted molar refractivity (Wildman–Crippen MR) is 119 cm³/mol. The minimum atomic E-state index is -3.59. The van der Waals surface area contributed by atoms with E-state index < -0.39 is 16.1 Å². The van der Waals surface area contributed by atoms with Gasteiger partial charge in [-0.15, -0.1) is 0 Å². The van der Waals surface area contributed by atoms with Crippen LogP contribution in [0, 0.1) is 6.92 Å². The van der Waals surface area contributed by atoms with Crippen molar-refractivity contribution in [1.29, 1.82) is 0 Å². The van der Waals surface area contributed by atoms with E-state index in [1.54, 1.807) is 53.4 Å². The summed E-state index contributed by atoms with van der Waals surface area (Å²) in [4.78, 5) is 26.4. The van der Waals surface area contributed by atoms with Gasteiger partial charge in [0, 0.05) is 38.1 Å². The minimum Gasteiger partial charge on any atom is -0.349 e. The lowest BCUT2D eigenvalue weighted by Crippen LogP contribution is -2.51. The van der Waals surface area contributed by atoms with E-state index in [4.69, 9.17) is 11.6 Å². The highest BCUT2D eigenvalue weighted by atomic mass is 35.5. The molecule has 0 aromatic heterocycles. The molecule has 0 radical (unpaired) electrons. The van der Waals surface area contributed by atoms with Gasteiger partial charge < -0.3 is 10.2 Å². The Morgan fingerprint density at radius 1 is 1.03 bits per heavy atom. The van der Waals surface area contributed by atoms with E-state index in [9.17, 15) is 18.0 Å². The van der Waals surface area contributed by atoms with E-state index in [-0.39, 0.29) is 36.2 Å². The van der Waals surface area contributed by atoms with E-state index in [0.717, 1.165) is 5.56 Å². The summed E-state index contributed by atoms with van der Waals surface area (Å²) < 4.78 is 27.1. The third kappa shape index (κ3) is 5.64. The molecule has 2 aromatic rings. The molecule has 1 N–H and O–H groups in total. The molecule has 1 saturated heterocycles. The summed E-state index contributed by atoms with van der Waals surface area (Å²) in [6.45, 7) is 4.32. The van der Waals surface area contributed by atoms with E-state index in [0.29, 0.717) is 23.7 Å². The number of sulfonamides is 1. The standard InChI is InChI=1S/C22H26ClN3O4S/c1-16-7-9-18(10-8-16)31(29,30)26-13-11-25(12-14-26)22(28)15-21(24-17(2)27)19-5-3-4-6-20(19)23/h3-10,21H,11-15H2,1-2H3,(H,24,27). The van der Waals surface area contributed by atoms with Crippen molar-refractivity contribution in [2.24, 2.45) is 0 Å². The van der Waals surface area contributed by atoms with Crippen LogP contribution in [-0.2, 0) is 19.6 Å². The fourth-order valence-electron chi connectivity index (χ4n) is 3.58. The normalized spacial score (nSPS) is 16.0. The molecular weight excluding hydrogens is 438 g/mol. The van der Waals surface area contributed by atoms with Gasteiger partial charge in [-0.25, -0.2) is 8.42 Å². The van der Waals surface area contributed by atoms with Crippen LogP contribution < -0.4 is 5.32 Å². The second kappa shape index (κ2) is 9.80. The molecule has 1 unspecified atom stereocenters. The van der Waals surface area contributed by atoms with Crippen molar-refractivity contribution in [2.45, 2.75) is 31.2 Å². The van der Waals surface area contributed by atoms with E-state index in [2.05, 4.69) is 5.32 Å². The van der Waals surface area contributed by atoms with E-state index in [1.807, 2.05) is 6.92 Å². The van der Waals surface area contributed by atoms with Crippen molar-refractivity contribution in [3.63, 3.8) is 0 Å². The fourth-order valence-corrected chi connectivity index (χ4v) is 5.27. The number of carbonyl (C=O) groups is 2. The Labute approximate surface area is 188 Å². The van der Waals surface area contributed by atoms with Crippen LogP contribution in [0.1, 0.15) is 30.5 Å². The van der Waals surface area contributed by atoms with Crippen LogP contribution in [0.2, 0.25) is 5.02 Å². The number of carbonyl (C=O) groups excluding carboxylic acids is 2. The van der Waals surface area contributed by atoms with Crippen LogP contribution in [0.15, 0.2) is 53.4 Å². The molecule has 1 fully saturated rings. The molecule has 1 aliphatic rings. The van der Waals surface area contributed by atoms with Crippen molar-refractivity contribution >= 4 is 33.4 Å². The maximum Gasteiger partial charge on any atom is 0.243 e. The summed E-state index contributed by atoms with van der Waals surface area (Å²) in [6.07, 6.45) is 0.0496. The van der Waals surface area contributed by atoms with Gasteiger partial charge in [-0.3, -0.25) is 9.59 Å². The van der Waals surface area contributed by atoms with Crippen LogP contribution in [0.25, 0.3) is 0 Å². The van der Waals surface area contributed by atoms with Gasteiger partial charge in [-0.05, 0) is 30.7 Å². The Balaban J connectivity index is 1.65. The molecule has 1 aliphatic heterocycles. The predicted octanol–water partition coefficient (Wildman–Crippen LogP) is 2.75. The minimum absolute atomic E-state index is 0.0496. The van der Waals surface area contributed by atoms with Crippen LogP contribution in [0.4, 0.5) is 0 Å². The second-order valence-corrected chi connectivity index (χ2v) is 9.92. The van der Waals surface area contributed by atoms with Crippen molar-refractivity contribution < 1.29 is 18.0 Å². The number of piperazine rings is 1. The molecule has 31 heavy (non-hydrogen) atoms. The van der Waals surface area contributed by atoms with E-state index >= 15 is 0 Å². The monoisotopic (exact) mass is 463 g/mol. The molecule has 2 aromatic carbocycles. The molecule has 0 bridgehead atoms. The molecule has 0 spiro atoms. The SMILES string of the molecule is CC(=O)NC(CC(=O)N1CCN(S(=O)(=O)c2ccc(C)cc2)CC1)c1ccccc1Cl. The lowest BCUT2D eigenvalue weighted by molar-refractivity contribution is -0.133. The summed E-state index contributed by atoms with van der Waals surface area (Å²) in [5.74, 6) is -0.419. The largest absolute Gasteiger partial charge is 0.349 e. The molecule has 7 nitrogen and oxygen atoms in total. The van der Waals surface area contributed by atoms with E-state index in [1.165, 1.54) is 11.2 Å². The van der Waals surface area contributed by atoms with Crippen molar-refractivity contribution in [3.05, 3.63) is 64.7 Å². The third-order valence-electron chi connectivity index (χ3n) is 5.29. The van der Waals surface area contributed by atoms with Gasteiger partial charge >= 0.3 is 0 Å². The highest BCUT2D eigenvalue weighted by Gasteiger charge is 2.31. The molecule has 3 rings (SSSR count). The molecule has 0 saturated carbocycles. The van der Waals surface area contributed by atoms with Gasteiger partial charge in [0.05, 0.1) is 17.4 Å². The number of aryl methyl sites for hydroxylation is 1. The quantitative estimate of drug-likeness (QED) is 0.713. The highest BCUT2D eigenvalue weighted by molar-refractivity contribution is 7.89. The summed E-state index contributed by atoms with van der Waals surface area (Å²) >= 11 is 6.26. The second-order valence-electron chi connectivity index (χ2n) is 7.58. The summed E-state index contributed by atoms with van der Waals surface area (Å²) in [6, 6.07) is 13.3. The Kier molecular flexibility index (Phi) is 7.35. The Hall–Kier alpha value is -2.42. The summed E-state index contributed by atoms with van der Waals surface area (Å²) in [5.41, 5.74) is 1.66.